The Balaban J connectivity index is 0.000000288. The van der Waals surface area contributed by atoms with Crippen molar-refractivity contribution < 1.29 is 47.7 Å². The lowest BCUT2D eigenvalue weighted by molar-refractivity contribution is -0.143. The number of carbonyl (C=O) groups is 6. The molecule has 4 amide bonds. The fourth-order valence-electron chi connectivity index (χ4n) is 6.48. The molecule has 2 atom stereocenters. The topological polar surface area (TPSA) is 263 Å². The first-order chi connectivity index (χ1) is 36.8. The lowest BCUT2D eigenvalue weighted by Gasteiger charge is -2.18. The normalized spacial score (nSPS) is 10.8. The van der Waals surface area contributed by atoms with Gasteiger partial charge in [-0.15, -0.1) is 29.1 Å². The van der Waals surface area contributed by atoms with Crippen LogP contribution in [0.4, 0.5) is 11.9 Å². The molecule has 0 bridgehead atoms. The Bertz CT molecular complexity index is 3100. The summed E-state index contributed by atoms with van der Waals surface area (Å²) in [5.41, 5.74) is 2.69. The van der Waals surface area contributed by atoms with E-state index in [1.54, 1.807) is 95.1 Å². The minimum atomic E-state index is -1.10. The summed E-state index contributed by atoms with van der Waals surface area (Å²) in [5.74, 6) is 7.21. The van der Waals surface area contributed by atoms with Gasteiger partial charge in [0, 0.05) is 22.2 Å². The highest BCUT2D eigenvalue weighted by Gasteiger charge is 2.27. The Morgan fingerprint density at radius 3 is 1.44 bits per heavy atom. The zero-order chi connectivity index (χ0) is 56.6. The molecule has 0 aliphatic carbocycles. The van der Waals surface area contributed by atoms with Crippen LogP contribution in [0, 0.1) is 55.4 Å². The highest BCUT2D eigenvalue weighted by molar-refractivity contribution is 14.1. The van der Waals surface area contributed by atoms with Crippen LogP contribution < -0.4 is 41.4 Å². The predicted octanol–water partition coefficient (Wildman–Crippen LogP) is 6.84. The molecule has 0 unspecified atom stereocenters. The van der Waals surface area contributed by atoms with Gasteiger partial charge in [0.25, 0.3) is 23.6 Å². The number of nitrogens with one attached hydrogen (secondary N) is 6. The Morgan fingerprint density at radius 1 is 0.623 bits per heavy atom. The van der Waals surface area contributed by atoms with Crippen LogP contribution in [0.3, 0.4) is 0 Å². The maximum atomic E-state index is 13.0. The lowest BCUT2D eigenvalue weighted by Crippen LogP contribution is -2.49. The number of benzene rings is 2. The first kappa shape index (κ1) is 62.0. The van der Waals surface area contributed by atoms with Crippen molar-refractivity contribution in [3.8, 4) is 35.7 Å². The molecule has 0 aliphatic heterocycles. The molecule has 6 rings (SSSR count). The number of hydrogen-bond donors (Lipinski definition) is 6. The second-order valence-electron chi connectivity index (χ2n) is 15.5. The quantitative estimate of drug-likeness (QED) is 0.0292. The molecule has 25 heteroatoms. The van der Waals surface area contributed by atoms with Crippen LogP contribution in [0.5, 0.6) is 11.5 Å². The van der Waals surface area contributed by atoms with E-state index < -0.39 is 35.8 Å². The van der Waals surface area contributed by atoms with E-state index >= 15 is 0 Å². The molecule has 20 nitrogen and oxygen atoms in total. The number of thiophene rings is 2. The van der Waals surface area contributed by atoms with Crippen LogP contribution in [-0.4, -0.2) is 122 Å². The minimum absolute atomic E-state index is 0.129. The number of aryl methyl sites for hydroxylation is 4. The summed E-state index contributed by atoms with van der Waals surface area (Å²) < 4.78 is 20.7. The van der Waals surface area contributed by atoms with Crippen molar-refractivity contribution >= 4 is 116 Å². The van der Waals surface area contributed by atoms with Gasteiger partial charge < -0.3 is 50.8 Å². The number of terminal acetylenes is 1. The largest absolute Gasteiger partial charge is 0.497 e. The predicted molar refractivity (Wildman–Crippen MR) is 304 cm³/mol. The zero-order valence-electron chi connectivity index (χ0n) is 42.8. The Kier molecular flexibility index (Phi) is 25.4. The molecular formula is C52H53Cl2IN10O10S2. The number of ether oxygens (including phenoxy) is 4. The van der Waals surface area contributed by atoms with Gasteiger partial charge in [-0.2, -0.15) is 0 Å². The monoisotopic (exact) mass is 1240 g/mol. The van der Waals surface area contributed by atoms with E-state index in [1.165, 1.54) is 36.9 Å². The number of aromatic nitrogens is 4. The molecule has 77 heavy (non-hydrogen) atoms. The van der Waals surface area contributed by atoms with Crippen molar-refractivity contribution in [1.29, 1.82) is 0 Å². The second kappa shape index (κ2) is 31.5. The van der Waals surface area contributed by atoms with Crippen molar-refractivity contribution in [3.63, 3.8) is 0 Å². The molecule has 0 aliphatic rings. The van der Waals surface area contributed by atoms with E-state index in [0.717, 1.165) is 14.3 Å². The summed E-state index contributed by atoms with van der Waals surface area (Å²) in [7, 11) is 5.61. The Hall–Kier alpha value is -7.55. The fourth-order valence-corrected chi connectivity index (χ4v) is 8.53. The standard InChI is InChI=1S/C26H26ClN5O5S.C19H21N5O4S.C7H6ClIO/c1-15-22(24(34)32-20(25(35)37-4)14-29-23(33)21-8-6-12-38-21)16(2)31-26(30-15)28-11-5-7-17-13-18(36-3)9-10-19(17)27;1-5-8-20-19-22-11(2)15(12(3)23-19)17(26)24-13(18(27)28-4)10-21-16(25)14-7-6-9-29-14;1-10-5-2-3-6(8)7(9)4-5/h6,8-10,12-13,20H,11,14H2,1-4H3,(H,29,33)(H,32,34)(H,28,30,31);1,6-7,9,13H,8,10H2,2-4H3,(H,21,25)(H,24,26)(H,20,22,23);2-4H,1H3/t20-;13-;/m00./s1. The molecule has 2 aromatic carbocycles. The van der Waals surface area contributed by atoms with Gasteiger partial charge in [-0.05, 0) is 110 Å². The van der Waals surface area contributed by atoms with Gasteiger partial charge in [-0.3, -0.25) is 19.2 Å². The minimum Gasteiger partial charge on any atom is -0.497 e. The average Bonchev–Trinajstić information content (AvgIpc) is 4.17. The average molecular weight is 1240 g/mol. The van der Waals surface area contributed by atoms with Crippen LogP contribution >= 0.6 is 68.5 Å². The third-order valence-electron chi connectivity index (χ3n) is 10.2. The van der Waals surface area contributed by atoms with Crippen molar-refractivity contribution in [2.75, 3.05) is 65.3 Å². The molecule has 6 N–H and O–H groups in total. The number of nitrogens with zero attached hydrogens (tertiary/aromatic N) is 4. The summed E-state index contributed by atoms with van der Waals surface area (Å²) in [6, 6.07) is 15.4. The van der Waals surface area contributed by atoms with Gasteiger partial charge >= 0.3 is 11.9 Å². The third kappa shape index (κ3) is 19.2. The molecule has 0 fully saturated rings. The van der Waals surface area contributed by atoms with Crippen LogP contribution in [0.15, 0.2) is 71.4 Å². The highest BCUT2D eigenvalue weighted by atomic mass is 127. The van der Waals surface area contributed by atoms with E-state index in [2.05, 4.69) is 92.2 Å². The second-order valence-corrected chi connectivity index (χ2v) is 19.4. The zero-order valence-corrected chi connectivity index (χ0v) is 48.1. The third-order valence-corrected chi connectivity index (χ3v) is 13.8. The highest BCUT2D eigenvalue weighted by Crippen LogP contribution is 2.23. The number of amides is 4. The molecule has 4 aromatic heterocycles. The van der Waals surface area contributed by atoms with Gasteiger partial charge in [0.15, 0.2) is 0 Å². The van der Waals surface area contributed by atoms with Crippen molar-refractivity contribution in [2.45, 2.75) is 39.8 Å². The molecule has 0 saturated carbocycles. The Morgan fingerprint density at radius 2 is 1.05 bits per heavy atom. The summed E-state index contributed by atoms with van der Waals surface area (Å²) in [5, 5.41) is 21.1. The van der Waals surface area contributed by atoms with E-state index in [1.807, 2.05) is 18.2 Å². The molecule has 6 aromatic rings. The van der Waals surface area contributed by atoms with Crippen LogP contribution in [0.1, 0.15) is 68.4 Å². The number of methoxy groups -OCH3 is 4. The number of halogens is 3. The number of esters is 2. The molecule has 0 radical (unpaired) electrons. The van der Waals surface area contributed by atoms with Crippen molar-refractivity contribution in [3.05, 3.63) is 134 Å². The molecule has 0 saturated heterocycles. The smallest absolute Gasteiger partial charge is 0.330 e. The van der Waals surface area contributed by atoms with Gasteiger partial charge in [0.2, 0.25) is 11.9 Å². The maximum Gasteiger partial charge on any atom is 0.330 e. The van der Waals surface area contributed by atoms with Crippen LogP contribution in [0.2, 0.25) is 10.0 Å². The number of hydrogen-bond acceptors (Lipinski definition) is 18. The van der Waals surface area contributed by atoms with E-state index in [-0.39, 0.29) is 55.1 Å². The van der Waals surface area contributed by atoms with Crippen molar-refractivity contribution in [2.24, 2.45) is 0 Å². The maximum absolute atomic E-state index is 13.0. The molecular weight excluding hydrogens is 1190 g/mol. The first-order valence-corrected chi connectivity index (χ1v) is 26.3. The summed E-state index contributed by atoms with van der Waals surface area (Å²) in [4.78, 5) is 92.5. The van der Waals surface area contributed by atoms with Gasteiger partial charge in [-0.1, -0.05) is 53.1 Å². The van der Waals surface area contributed by atoms with Crippen LogP contribution in [-0.2, 0) is 19.1 Å². The number of carbonyl (C=O) groups excluding carboxylic acids is 6. The number of rotatable bonds is 18. The van der Waals surface area contributed by atoms with Gasteiger partial charge in [0.05, 0.1) is 95.2 Å². The van der Waals surface area contributed by atoms with Crippen molar-refractivity contribution in [1.82, 2.24) is 41.2 Å². The van der Waals surface area contributed by atoms with E-state index in [0.29, 0.717) is 54.8 Å². The van der Waals surface area contributed by atoms with Gasteiger partial charge in [-0.25, -0.2) is 29.5 Å². The first-order valence-electron chi connectivity index (χ1n) is 22.7. The SMILES string of the molecule is C#CCNc1nc(C)c(C(=O)N[C@@H](CNC(=O)c2cccs2)C(=O)OC)c(C)n1.COC(=O)[C@H](CNC(=O)c1cccs1)NC(=O)c1c(C)nc(NCC#Cc2cc(OC)ccc2Cl)nc1C.COc1ccc(Cl)c(I)c1. The molecule has 4 heterocycles. The van der Waals surface area contributed by atoms with E-state index in [9.17, 15) is 28.8 Å². The molecule has 0 spiro atoms. The summed E-state index contributed by atoms with van der Waals surface area (Å²) in [6.45, 7) is 6.81. The van der Waals surface area contributed by atoms with E-state index in [4.69, 9.17) is 48.6 Å². The Labute approximate surface area is 476 Å². The summed E-state index contributed by atoms with van der Waals surface area (Å²) >= 11 is 16.6. The lowest BCUT2D eigenvalue weighted by atomic mass is 10.1. The van der Waals surface area contributed by atoms with Crippen LogP contribution in [0.25, 0.3) is 0 Å². The van der Waals surface area contributed by atoms with Gasteiger partial charge in [0.1, 0.15) is 23.6 Å². The fraction of sp³-hybridized carbons (Fsp3) is 0.269. The number of anilines is 2. The summed E-state index contributed by atoms with van der Waals surface area (Å²) in [6.07, 6.45) is 5.20. The molecule has 404 valence electrons.